The van der Waals surface area contributed by atoms with Crippen LogP contribution >= 0.6 is 7.75 Å². The van der Waals surface area contributed by atoms with Crippen molar-refractivity contribution in [1.82, 2.24) is 24.6 Å². The molecule has 2 aliphatic rings. The summed E-state index contributed by atoms with van der Waals surface area (Å²) in [6, 6.07) is 7.30. The molecule has 2 unspecified atom stereocenters. The number of nitrogens with one attached hydrogen (secondary N) is 1. The summed E-state index contributed by atoms with van der Waals surface area (Å²) in [4.78, 5) is 25.2. The summed E-state index contributed by atoms with van der Waals surface area (Å²) in [7, 11) is -4.22. The molecule has 0 aliphatic carbocycles. The summed E-state index contributed by atoms with van der Waals surface area (Å²) in [5.74, 6) is -0.212. The molecule has 41 heavy (non-hydrogen) atoms. The normalized spacial score (nSPS) is 25.8. The largest absolute Gasteiger partial charge is 0.476 e. The Kier molecular flexibility index (Phi) is 8.19. The maximum Gasteiger partial charge on any atom is 0.459 e. The average Bonchev–Trinajstić information content (AvgIpc) is 3.57. The van der Waals surface area contributed by atoms with Gasteiger partial charge in [-0.15, -0.1) is 0 Å². The molecule has 2 aromatic heterocycles. The van der Waals surface area contributed by atoms with Crippen molar-refractivity contribution < 1.29 is 42.5 Å². The number of benzene rings is 1. The number of aliphatic hydroxyl groups is 1. The first-order valence-corrected chi connectivity index (χ1v) is 14.7. The number of rotatable bonds is 12. The summed E-state index contributed by atoms with van der Waals surface area (Å²) < 4.78 is 49.9. The van der Waals surface area contributed by atoms with Gasteiger partial charge in [-0.1, -0.05) is 18.2 Å². The number of carbonyl (C=O) groups excluding carboxylic acids is 1. The van der Waals surface area contributed by atoms with E-state index in [1.807, 2.05) is 0 Å². The third-order valence-corrected chi connectivity index (χ3v) is 8.10. The number of carbonyl (C=O) groups is 1. The summed E-state index contributed by atoms with van der Waals surface area (Å²) in [6.45, 7) is 6.57. The van der Waals surface area contributed by atoms with Crippen LogP contribution < -0.4 is 20.1 Å². The molecule has 15 nitrogen and oxygen atoms in total. The molecule has 2 saturated heterocycles. The number of nitrogen functional groups attached to an aromatic ring is 1. The zero-order chi connectivity index (χ0) is 29.4. The van der Waals surface area contributed by atoms with Crippen LogP contribution in [0.3, 0.4) is 0 Å². The van der Waals surface area contributed by atoms with Crippen molar-refractivity contribution in [3.8, 4) is 11.6 Å². The molecular weight excluding hydrogens is 559 g/mol. The minimum atomic E-state index is -4.22. The topological polar surface area (TPSA) is 191 Å². The van der Waals surface area contributed by atoms with Gasteiger partial charge in [0.25, 0.3) is 0 Å². The standard InChI is InChI=1S/C25H33N6O9P/c1-5-35-21-17-20(28-24(26)29-21)31(13-27-17)22-18-19(32)25(39-22,11-36-18)12-37-41(34,40-16-9-7-6-8-10-16)30-15(4)23(33)38-14(2)3/h6-10,13-15,18-19,22,32H,5,11-12H2,1-4H3,(H,30,34)(H2,26,28,29)/t15?,18-,19+,22-,25-,41?/m1/s1. The molecule has 3 aromatic rings. The molecule has 2 bridgehead atoms. The van der Waals surface area contributed by atoms with Crippen LogP contribution in [0.2, 0.25) is 0 Å². The average molecular weight is 593 g/mol. The second kappa shape index (κ2) is 11.5. The van der Waals surface area contributed by atoms with Gasteiger partial charge in [-0.05, 0) is 39.8 Å². The molecule has 0 amide bonds. The molecule has 16 heteroatoms. The number of fused-ring (bicyclic) bond motifs is 3. The Labute approximate surface area is 235 Å². The predicted molar refractivity (Wildman–Crippen MR) is 144 cm³/mol. The van der Waals surface area contributed by atoms with E-state index < -0.39 is 50.4 Å². The second-order valence-electron chi connectivity index (χ2n) is 9.95. The number of nitrogens with zero attached hydrogens (tertiary/aromatic N) is 4. The fraction of sp³-hybridized carbons (Fsp3) is 0.520. The van der Waals surface area contributed by atoms with Gasteiger partial charge in [0.1, 0.15) is 29.6 Å². The SMILES string of the molecule is CCOc1nc(N)nc2c1ncn2[C@@H]1O[C@@]2(COP(=O)(NC(C)C(=O)OC(C)C)Oc3ccccc3)CO[C@@H]1[C@@H]2O. The quantitative estimate of drug-likeness (QED) is 0.204. The molecular formula is C25H33N6O9P. The van der Waals surface area contributed by atoms with Crippen LogP contribution in [0.1, 0.15) is 33.9 Å². The Balaban J connectivity index is 1.38. The van der Waals surface area contributed by atoms with Gasteiger partial charge < -0.3 is 34.3 Å². The van der Waals surface area contributed by atoms with Crippen LogP contribution in [0.5, 0.6) is 11.6 Å². The Bertz CT molecular complexity index is 1440. The lowest BCUT2D eigenvalue weighted by Gasteiger charge is -2.32. The fourth-order valence-electron chi connectivity index (χ4n) is 4.60. The number of hydrogen-bond acceptors (Lipinski definition) is 13. The summed E-state index contributed by atoms with van der Waals surface area (Å²) in [6.07, 6.45) is -1.80. The Morgan fingerprint density at radius 1 is 1.29 bits per heavy atom. The molecule has 5 rings (SSSR count). The van der Waals surface area contributed by atoms with E-state index in [0.717, 1.165) is 0 Å². The summed E-state index contributed by atoms with van der Waals surface area (Å²) in [5, 5.41) is 13.8. The number of ether oxygens (including phenoxy) is 4. The minimum Gasteiger partial charge on any atom is -0.476 e. The highest BCUT2D eigenvalue weighted by Gasteiger charge is 2.63. The van der Waals surface area contributed by atoms with Gasteiger partial charge in [0.15, 0.2) is 17.4 Å². The van der Waals surface area contributed by atoms with Crippen molar-refractivity contribution in [2.24, 2.45) is 0 Å². The minimum absolute atomic E-state index is 0.0273. The highest BCUT2D eigenvalue weighted by atomic mass is 31.2. The maximum absolute atomic E-state index is 13.9. The van der Waals surface area contributed by atoms with Gasteiger partial charge in [0, 0.05) is 0 Å². The summed E-state index contributed by atoms with van der Waals surface area (Å²) >= 11 is 0. The molecule has 6 atom stereocenters. The first kappa shape index (κ1) is 29.2. The van der Waals surface area contributed by atoms with Crippen molar-refractivity contribution in [3.05, 3.63) is 36.7 Å². The lowest BCUT2D eigenvalue weighted by molar-refractivity contribution is -0.183. The van der Waals surface area contributed by atoms with E-state index in [9.17, 15) is 14.5 Å². The van der Waals surface area contributed by atoms with E-state index in [4.69, 9.17) is 33.7 Å². The smallest absolute Gasteiger partial charge is 0.459 e. The van der Waals surface area contributed by atoms with Crippen molar-refractivity contribution in [2.75, 3.05) is 25.6 Å². The Hall–Kier alpha value is -3.33. The second-order valence-corrected chi connectivity index (χ2v) is 11.6. The molecule has 2 fully saturated rings. The van der Waals surface area contributed by atoms with Crippen LogP contribution in [0.4, 0.5) is 5.95 Å². The monoisotopic (exact) mass is 592 g/mol. The molecule has 2 aliphatic heterocycles. The third-order valence-electron chi connectivity index (χ3n) is 6.47. The molecule has 0 saturated carbocycles. The fourth-order valence-corrected chi connectivity index (χ4v) is 6.15. The van der Waals surface area contributed by atoms with E-state index in [2.05, 4.69) is 20.0 Å². The van der Waals surface area contributed by atoms with Crippen molar-refractivity contribution >= 4 is 30.8 Å². The highest BCUT2D eigenvalue weighted by molar-refractivity contribution is 7.52. The zero-order valence-corrected chi connectivity index (χ0v) is 23.9. The maximum atomic E-state index is 13.9. The number of aliphatic hydroxyl groups excluding tert-OH is 1. The van der Waals surface area contributed by atoms with Crippen LogP contribution in [-0.2, 0) is 28.1 Å². The number of aromatic nitrogens is 4. The number of anilines is 1. The molecule has 4 N–H and O–H groups in total. The van der Waals surface area contributed by atoms with E-state index >= 15 is 0 Å². The number of nitrogens with two attached hydrogens (primary N) is 1. The molecule has 4 heterocycles. The number of para-hydroxylation sites is 1. The lowest BCUT2D eigenvalue weighted by Crippen LogP contribution is -2.46. The van der Waals surface area contributed by atoms with Gasteiger partial charge in [-0.25, -0.2) is 9.55 Å². The van der Waals surface area contributed by atoms with Crippen molar-refractivity contribution in [1.29, 1.82) is 0 Å². The Morgan fingerprint density at radius 2 is 2.05 bits per heavy atom. The van der Waals surface area contributed by atoms with Crippen LogP contribution in [0, 0.1) is 0 Å². The van der Waals surface area contributed by atoms with Crippen LogP contribution in [-0.4, -0.2) is 80.4 Å². The van der Waals surface area contributed by atoms with Gasteiger partial charge >= 0.3 is 13.7 Å². The lowest BCUT2D eigenvalue weighted by atomic mass is 10.0. The van der Waals surface area contributed by atoms with E-state index in [-0.39, 0.29) is 30.3 Å². The van der Waals surface area contributed by atoms with Crippen molar-refractivity contribution in [2.45, 2.75) is 63.9 Å². The Morgan fingerprint density at radius 3 is 2.76 bits per heavy atom. The van der Waals surface area contributed by atoms with Gasteiger partial charge in [0.2, 0.25) is 11.8 Å². The molecule has 222 valence electrons. The van der Waals surface area contributed by atoms with E-state index in [0.29, 0.717) is 17.8 Å². The van der Waals surface area contributed by atoms with Crippen LogP contribution in [0.15, 0.2) is 36.7 Å². The number of esters is 1. The van der Waals surface area contributed by atoms with E-state index in [1.165, 1.54) is 13.3 Å². The number of hydrogen-bond donors (Lipinski definition) is 3. The van der Waals surface area contributed by atoms with Crippen LogP contribution in [0.25, 0.3) is 11.2 Å². The predicted octanol–water partition coefficient (Wildman–Crippen LogP) is 1.97. The molecule has 0 spiro atoms. The van der Waals surface area contributed by atoms with Crippen molar-refractivity contribution in [3.63, 3.8) is 0 Å². The molecule has 1 aromatic carbocycles. The third kappa shape index (κ3) is 5.87. The first-order valence-electron chi connectivity index (χ1n) is 13.1. The highest BCUT2D eigenvalue weighted by Crippen LogP contribution is 2.51. The van der Waals surface area contributed by atoms with Gasteiger partial charge in [-0.2, -0.15) is 15.1 Å². The van der Waals surface area contributed by atoms with Gasteiger partial charge in [-0.3, -0.25) is 13.9 Å². The number of imidazole rings is 1. The summed E-state index contributed by atoms with van der Waals surface area (Å²) in [5.41, 5.74) is 5.15. The molecule has 0 radical (unpaired) electrons. The van der Waals surface area contributed by atoms with Gasteiger partial charge in [0.05, 0.1) is 32.3 Å². The first-order chi connectivity index (χ1) is 19.5. The van der Waals surface area contributed by atoms with E-state index in [1.54, 1.807) is 55.7 Å². The zero-order valence-electron chi connectivity index (χ0n) is 23.0.